The maximum absolute atomic E-state index is 12.9. The second kappa shape index (κ2) is 12.3. The van der Waals surface area contributed by atoms with E-state index in [2.05, 4.69) is 45.2 Å². The van der Waals surface area contributed by atoms with Gasteiger partial charge >= 0.3 is 0 Å². The number of non-ortho nitro benzene ring substituents is 1. The van der Waals surface area contributed by atoms with Crippen molar-refractivity contribution in [1.82, 2.24) is 4.90 Å². The molecule has 1 fully saturated rings. The molecule has 1 aliphatic heterocycles. The molecular formula is C26H20I2N2O6S. The van der Waals surface area contributed by atoms with Crippen molar-refractivity contribution >= 4 is 79.9 Å². The van der Waals surface area contributed by atoms with Crippen LogP contribution in [0.5, 0.6) is 11.5 Å². The van der Waals surface area contributed by atoms with Crippen molar-refractivity contribution in [2.75, 3.05) is 13.2 Å². The number of imide groups is 1. The monoisotopic (exact) mass is 742 g/mol. The van der Waals surface area contributed by atoms with E-state index in [9.17, 15) is 19.7 Å². The molecule has 1 heterocycles. The highest BCUT2D eigenvalue weighted by Gasteiger charge is 2.34. The first-order chi connectivity index (χ1) is 17.7. The predicted octanol–water partition coefficient (Wildman–Crippen LogP) is 6.81. The fourth-order valence-electron chi connectivity index (χ4n) is 3.40. The number of ether oxygens (including phenoxy) is 2. The minimum atomic E-state index is -0.441. The number of benzene rings is 3. The molecule has 0 aromatic heterocycles. The first kappa shape index (κ1) is 27.4. The third-order valence-electron chi connectivity index (χ3n) is 5.33. The van der Waals surface area contributed by atoms with E-state index < -0.39 is 4.92 Å². The van der Waals surface area contributed by atoms with Crippen molar-refractivity contribution < 1.29 is 24.0 Å². The molecule has 1 saturated heterocycles. The van der Waals surface area contributed by atoms with Crippen molar-refractivity contribution in [1.29, 1.82) is 0 Å². The summed E-state index contributed by atoms with van der Waals surface area (Å²) in [4.78, 5) is 37.2. The number of nitro groups is 1. The summed E-state index contributed by atoms with van der Waals surface area (Å²) in [6.07, 6.45) is 1.70. The highest BCUT2D eigenvalue weighted by Crippen LogP contribution is 2.35. The van der Waals surface area contributed by atoms with Gasteiger partial charge in [0.05, 0.1) is 23.5 Å². The molecule has 0 N–H and O–H groups in total. The van der Waals surface area contributed by atoms with Crippen LogP contribution in [0.1, 0.15) is 16.7 Å². The van der Waals surface area contributed by atoms with Crippen molar-refractivity contribution in [3.63, 3.8) is 0 Å². The Hall–Kier alpha value is -2.65. The van der Waals surface area contributed by atoms with E-state index in [1.165, 1.54) is 17.0 Å². The lowest BCUT2D eigenvalue weighted by atomic mass is 10.2. The average Bonchev–Trinajstić information content (AvgIpc) is 3.12. The van der Waals surface area contributed by atoms with Crippen molar-refractivity contribution in [3.8, 4) is 11.5 Å². The molecule has 0 atom stereocenters. The zero-order valence-corrected chi connectivity index (χ0v) is 24.6. The number of aryl methyl sites for hydroxylation is 1. The first-order valence-electron chi connectivity index (χ1n) is 11.0. The van der Waals surface area contributed by atoms with Crippen LogP contribution in [-0.4, -0.2) is 34.1 Å². The lowest BCUT2D eigenvalue weighted by molar-refractivity contribution is -0.384. The number of rotatable bonds is 9. The van der Waals surface area contributed by atoms with Crippen LogP contribution in [0.2, 0.25) is 0 Å². The number of carbonyl (C=O) groups excluding carboxylic acids is 2. The van der Waals surface area contributed by atoms with Gasteiger partial charge in [0.1, 0.15) is 24.7 Å². The Morgan fingerprint density at radius 2 is 1.65 bits per heavy atom. The van der Waals surface area contributed by atoms with Crippen LogP contribution < -0.4 is 9.47 Å². The van der Waals surface area contributed by atoms with Gasteiger partial charge in [-0.05, 0) is 117 Å². The summed E-state index contributed by atoms with van der Waals surface area (Å²) < 4.78 is 13.3. The molecular weight excluding hydrogens is 722 g/mol. The number of nitrogens with zero attached hydrogens (tertiary/aromatic N) is 2. The number of hydrogen-bond donors (Lipinski definition) is 0. The minimum absolute atomic E-state index is 0.0282. The van der Waals surface area contributed by atoms with E-state index in [0.717, 1.165) is 35.6 Å². The van der Waals surface area contributed by atoms with Gasteiger partial charge in [0.15, 0.2) is 0 Å². The van der Waals surface area contributed by atoms with Crippen LogP contribution in [-0.2, 0) is 11.4 Å². The summed E-state index contributed by atoms with van der Waals surface area (Å²) in [7, 11) is 0. The average molecular weight is 742 g/mol. The van der Waals surface area contributed by atoms with E-state index in [4.69, 9.17) is 9.47 Å². The van der Waals surface area contributed by atoms with Gasteiger partial charge in [-0.3, -0.25) is 24.6 Å². The molecule has 1 aliphatic rings. The zero-order chi connectivity index (χ0) is 26.5. The molecule has 0 aliphatic carbocycles. The molecule has 0 bridgehead atoms. The molecule has 4 rings (SSSR count). The molecule has 37 heavy (non-hydrogen) atoms. The third kappa shape index (κ3) is 7.02. The molecule has 0 radical (unpaired) electrons. The Morgan fingerprint density at radius 3 is 2.27 bits per heavy atom. The molecule has 0 unspecified atom stereocenters. The highest BCUT2D eigenvalue weighted by atomic mass is 127. The molecule has 0 spiro atoms. The lowest BCUT2D eigenvalue weighted by Crippen LogP contribution is -2.32. The van der Waals surface area contributed by atoms with Gasteiger partial charge in [-0.2, -0.15) is 0 Å². The Balaban J connectivity index is 1.39. The van der Waals surface area contributed by atoms with Crippen LogP contribution in [0.4, 0.5) is 10.5 Å². The Morgan fingerprint density at radius 1 is 1.00 bits per heavy atom. The van der Waals surface area contributed by atoms with Gasteiger partial charge < -0.3 is 9.47 Å². The number of thioether (sulfide) groups is 1. The van der Waals surface area contributed by atoms with Crippen molar-refractivity contribution in [2.24, 2.45) is 0 Å². The van der Waals surface area contributed by atoms with Crippen molar-refractivity contribution in [2.45, 2.75) is 13.5 Å². The molecule has 3 aromatic rings. The van der Waals surface area contributed by atoms with Crippen LogP contribution in [0.3, 0.4) is 0 Å². The van der Waals surface area contributed by atoms with E-state index in [-0.39, 0.29) is 36.6 Å². The third-order valence-corrected chi connectivity index (χ3v) is 7.84. The largest absolute Gasteiger partial charge is 0.492 e. The van der Waals surface area contributed by atoms with E-state index in [1.807, 2.05) is 43.3 Å². The van der Waals surface area contributed by atoms with Crippen molar-refractivity contribution in [3.05, 3.63) is 99.5 Å². The number of amides is 2. The normalized spacial score (nSPS) is 14.4. The molecule has 11 heteroatoms. The molecule has 2 amide bonds. The van der Waals surface area contributed by atoms with E-state index >= 15 is 0 Å². The van der Waals surface area contributed by atoms with E-state index in [0.29, 0.717) is 16.4 Å². The second-order valence-corrected chi connectivity index (χ2v) is 11.3. The predicted molar refractivity (Wildman–Crippen MR) is 159 cm³/mol. The molecule has 190 valence electrons. The molecule has 0 saturated carbocycles. The van der Waals surface area contributed by atoms with E-state index in [1.54, 1.807) is 18.2 Å². The Bertz CT molecular complexity index is 1350. The second-order valence-electron chi connectivity index (χ2n) is 8.02. The minimum Gasteiger partial charge on any atom is -0.492 e. The number of carbonyl (C=O) groups is 2. The van der Waals surface area contributed by atoms with Crippen LogP contribution in [0.15, 0.2) is 65.6 Å². The quantitative estimate of drug-likeness (QED) is 0.103. The number of halogens is 2. The smallest absolute Gasteiger partial charge is 0.293 e. The van der Waals surface area contributed by atoms with Gasteiger partial charge in [0.25, 0.3) is 16.8 Å². The Labute approximate surface area is 244 Å². The summed E-state index contributed by atoms with van der Waals surface area (Å²) in [5.41, 5.74) is 2.73. The van der Waals surface area contributed by atoms with Gasteiger partial charge in [-0.25, -0.2) is 0 Å². The summed E-state index contributed by atoms with van der Waals surface area (Å²) in [5, 5.41) is 10.5. The lowest BCUT2D eigenvalue weighted by Gasteiger charge is -2.13. The SMILES string of the molecule is Cc1ccc(OCCN2C(=O)S/C(=C\c3cc(I)c(OCc4ccc([N+](=O)[O-])cc4)c(I)c3)C2=O)cc1. The summed E-state index contributed by atoms with van der Waals surface area (Å²) in [6.45, 7) is 2.62. The fraction of sp³-hybridized carbons (Fsp3) is 0.154. The van der Waals surface area contributed by atoms with Gasteiger partial charge in [-0.15, -0.1) is 0 Å². The number of nitro benzene ring substituents is 1. The van der Waals surface area contributed by atoms with Crippen LogP contribution in [0.25, 0.3) is 6.08 Å². The fourth-order valence-corrected chi connectivity index (χ4v) is 6.40. The van der Waals surface area contributed by atoms with Crippen LogP contribution >= 0.6 is 56.9 Å². The summed E-state index contributed by atoms with van der Waals surface area (Å²) >= 11 is 5.23. The molecule has 3 aromatic carbocycles. The topological polar surface area (TPSA) is 99.0 Å². The maximum atomic E-state index is 12.9. The number of hydrogen-bond acceptors (Lipinski definition) is 7. The maximum Gasteiger partial charge on any atom is 0.293 e. The Kier molecular flexibility index (Phi) is 9.08. The highest BCUT2D eigenvalue weighted by molar-refractivity contribution is 14.1. The molecule has 8 nitrogen and oxygen atoms in total. The first-order valence-corrected chi connectivity index (χ1v) is 14.0. The zero-order valence-electron chi connectivity index (χ0n) is 19.5. The van der Waals surface area contributed by atoms with Gasteiger partial charge in [0.2, 0.25) is 0 Å². The van der Waals surface area contributed by atoms with Gasteiger partial charge in [-0.1, -0.05) is 17.7 Å². The standard InChI is InChI=1S/C26H20I2N2O6S/c1-16-2-8-20(9-3-16)35-11-10-29-25(31)23(37-26(29)32)14-18-12-21(27)24(22(28)13-18)36-15-17-4-6-19(7-5-17)30(33)34/h2-9,12-14H,10-11,15H2,1H3/b23-14-. The summed E-state index contributed by atoms with van der Waals surface area (Å²) in [5.74, 6) is 1.03. The van der Waals surface area contributed by atoms with Crippen LogP contribution in [0, 0.1) is 24.2 Å². The van der Waals surface area contributed by atoms with Gasteiger partial charge in [0, 0.05) is 12.1 Å². The summed E-state index contributed by atoms with van der Waals surface area (Å²) in [6, 6.07) is 17.5.